The maximum Gasteiger partial charge on any atom is 0.251 e. The number of Topliss-reactive ketones (excluding diaryl/α,β-unsaturated/α-hetero) is 1. The largest absolute Gasteiger partial charge is 0.420 e. The molecule has 0 aliphatic carbocycles. The molecule has 1 aromatic carbocycles. The predicted molar refractivity (Wildman–Crippen MR) is 151 cm³/mol. The second kappa shape index (κ2) is 11.1. The van der Waals surface area contributed by atoms with Gasteiger partial charge in [0.2, 0.25) is 11.8 Å². The first kappa shape index (κ1) is 26.1. The fraction of sp³-hybridized carbons (Fsp3) is 0.138. The molecule has 1 amide bonds. The molecule has 0 unspecified atom stereocenters. The van der Waals surface area contributed by atoms with E-state index < -0.39 is 5.91 Å². The highest BCUT2D eigenvalue weighted by molar-refractivity contribution is 6.31. The topological polar surface area (TPSA) is 144 Å². The van der Waals surface area contributed by atoms with E-state index in [-0.39, 0.29) is 25.2 Å². The smallest absolute Gasteiger partial charge is 0.251 e. The van der Waals surface area contributed by atoms with E-state index in [1.165, 1.54) is 0 Å². The highest BCUT2D eigenvalue weighted by atomic mass is 35.5. The molecule has 0 atom stereocenters. The molecule has 0 spiro atoms. The number of benzene rings is 1. The van der Waals surface area contributed by atoms with Crippen LogP contribution in [0.5, 0.6) is 0 Å². The third kappa shape index (κ3) is 5.75. The molecule has 0 saturated carbocycles. The summed E-state index contributed by atoms with van der Waals surface area (Å²) in [6.07, 6.45) is 11.0. The molecule has 5 heterocycles. The van der Waals surface area contributed by atoms with Crippen molar-refractivity contribution in [1.82, 2.24) is 40.2 Å². The number of aryl methyl sites for hydroxylation is 1. The molecule has 6 rings (SSSR count). The lowest BCUT2D eigenvalue weighted by molar-refractivity contribution is -0.117. The Labute approximate surface area is 238 Å². The molecule has 2 N–H and O–H groups in total. The SMILES string of the molecule is Cn1cc(-c2cnc3[nH]cc(-c4nnc(Cc5ccc(C(=O)NCC(=O)Cc6cccnc6)cc5Cl)o4)c3c2)cn1. The van der Waals surface area contributed by atoms with Crippen molar-refractivity contribution in [1.29, 1.82) is 0 Å². The molecule has 0 aliphatic rings. The van der Waals surface area contributed by atoms with Gasteiger partial charge in [0.1, 0.15) is 5.65 Å². The summed E-state index contributed by atoms with van der Waals surface area (Å²) >= 11 is 6.49. The van der Waals surface area contributed by atoms with E-state index >= 15 is 0 Å². The zero-order chi connectivity index (χ0) is 28.3. The van der Waals surface area contributed by atoms with Gasteiger partial charge in [0.25, 0.3) is 5.91 Å². The minimum absolute atomic E-state index is 0.0923. The van der Waals surface area contributed by atoms with E-state index in [0.717, 1.165) is 27.6 Å². The van der Waals surface area contributed by atoms with E-state index in [1.54, 1.807) is 59.9 Å². The van der Waals surface area contributed by atoms with E-state index in [9.17, 15) is 9.59 Å². The number of hydrogen-bond acceptors (Lipinski definition) is 8. The van der Waals surface area contributed by atoms with Crippen molar-refractivity contribution < 1.29 is 14.0 Å². The van der Waals surface area contributed by atoms with Crippen LogP contribution in [0.4, 0.5) is 0 Å². The molecule has 12 heteroatoms. The molecule has 5 aromatic heterocycles. The number of H-pyrrole nitrogens is 1. The third-order valence-electron chi connectivity index (χ3n) is 6.49. The number of halogens is 1. The maximum absolute atomic E-state index is 12.6. The molecule has 0 saturated heterocycles. The Hall–Kier alpha value is -5.16. The van der Waals surface area contributed by atoms with Crippen molar-refractivity contribution in [3.8, 4) is 22.6 Å². The zero-order valence-electron chi connectivity index (χ0n) is 21.8. The van der Waals surface area contributed by atoms with Gasteiger partial charge in [-0.2, -0.15) is 5.10 Å². The molecule has 6 aromatic rings. The Morgan fingerprint density at radius 2 is 2.00 bits per heavy atom. The number of nitrogens with one attached hydrogen (secondary N) is 2. The number of aromatic nitrogens is 7. The maximum atomic E-state index is 12.6. The van der Waals surface area contributed by atoms with Crippen LogP contribution in [0.3, 0.4) is 0 Å². The Kier molecular flexibility index (Phi) is 7.09. The van der Waals surface area contributed by atoms with Crippen LogP contribution in [-0.4, -0.2) is 53.2 Å². The average Bonchev–Trinajstić information content (AvgIpc) is 3.73. The Bertz CT molecular complexity index is 1880. The Balaban J connectivity index is 1.12. The van der Waals surface area contributed by atoms with Crippen molar-refractivity contribution >= 4 is 34.3 Å². The van der Waals surface area contributed by atoms with Gasteiger partial charge < -0.3 is 14.7 Å². The number of pyridine rings is 2. The van der Waals surface area contributed by atoms with Crippen LogP contribution in [0.25, 0.3) is 33.6 Å². The van der Waals surface area contributed by atoms with Gasteiger partial charge in [-0.3, -0.25) is 19.3 Å². The lowest BCUT2D eigenvalue weighted by Crippen LogP contribution is -2.30. The van der Waals surface area contributed by atoms with Crippen molar-refractivity contribution in [2.45, 2.75) is 12.8 Å². The van der Waals surface area contributed by atoms with Crippen LogP contribution in [-0.2, 0) is 24.7 Å². The summed E-state index contributed by atoms with van der Waals surface area (Å²) in [6, 6.07) is 10.5. The van der Waals surface area contributed by atoms with Gasteiger partial charge in [-0.05, 0) is 35.4 Å². The standard InChI is InChI=1S/C29H23ClN8O3/c1-38-16-21(13-35-38)20-8-23-24(15-33-27(23)32-12-20)29-37-36-26(41-29)10-18-4-5-19(9-25(18)30)28(40)34-14-22(39)7-17-3-2-6-31-11-17/h2-6,8-9,11-13,15-16H,7,10,14H2,1H3,(H,32,33)(H,34,40). The van der Waals surface area contributed by atoms with Gasteiger partial charge >= 0.3 is 0 Å². The second-order valence-electron chi connectivity index (χ2n) is 9.47. The summed E-state index contributed by atoms with van der Waals surface area (Å²) in [5.41, 5.74) is 5.14. The summed E-state index contributed by atoms with van der Waals surface area (Å²) in [7, 11) is 1.86. The molecule has 0 bridgehead atoms. The normalized spacial score (nSPS) is 11.2. The van der Waals surface area contributed by atoms with E-state index in [4.69, 9.17) is 16.0 Å². The monoisotopic (exact) mass is 566 g/mol. The van der Waals surface area contributed by atoms with Gasteiger partial charge in [0, 0.05) is 71.6 Å². The molecular formula is C29H23ClN8O3. The van der Waals surface area contributed by atoms with E-state index in [0.29, 0.717) is 33.6 Å². The number of aromatic amines is 1. The minimum atomic E-state index is -0.392. The highest BCUT2D eigenvalue weighted by Gasteiger charge is 2.17. The van der Waals surface area contributed by atoms with Crippen molar-refractivity contribution in [2.24, 2.45) is 7.05 Å². The molecule has 204 valence electrons. The fourth-order valence-electron chi connectivity index (χ4n) is 4.41. The lowest BCUT2D eigenvalue weighted by atomic mass is 10.1. The number of nitrogens with zero attached hydrogens (tertiary/aromatic N) is 6. The quantitative estimate of drug-likeness (QED) is 0.265. The van der Waals surface area contributed by atoms with Crippen molar-refractivity contribution in [3.05, 3.63) is 101 Å². The number of hydrogen-bond donors (Lipinski definition) is 2. The summed E-state index contributed by atoms with van der Waals surface area (Å²) in [6.45, 7) is -0.0923. The molecule has 0 aliphatic heterocycles. The number of carbonyl (C=O) groups excluding carboxylic acids is 2. The molecule has 0 radical (unpaired) electrons. The summed E-state index contributed by atoms with van der Waals surface area (Å²) in [4.78, 5) is 36.5. The fourth-order valence-corrected chi connectivity index (χ4v) is 4.66. The number of ketones is 1. The highest BCUT2D eigenvalue weighted by Crippen LogP contribution is 2.31. The number of fused-ring (bicyclic) bond motifs is 1. The van der Waals surface area contributed by atoms with E-state index in [2.05, 4.69) is 35.6 Å². The zero-order valence-corrected chi connectivity index (χ0v) is 22.6. The molecule has 0 fully saturated rings. The van der Waals surface area contributed by atoms with Crippen LogP contribution < -0.4 is 5.32 Å². The van der Waals surface area contributed by atoms with Gasteiger partial charge in [0.15, 0.2) is 5.78 Å². The van der Waals surface area contributed by atoms with Crippen LogP contribution in [0.1, 0.15) is 27.4 Å². The van der Waals surface area contributed by atoms with Crippen molar-refractivity contribution in [2.75, 3.05) is 6.54 Å². The van der Waals surface area contributed by atoms with Crippen molar-refractivity contribution in [3.63, 3.8) is 0 Å². The first-order valence-corrected chi connectivity index (χ1v) is 13.1. The third-order valence-corrected chi connectivity index (χ3v) is 6.85. The molecule has 11 nitrogen and oxygen atoms in total. The second-order valence-corrected chi connectivity index (χ2v) is 9.88. The summed E-state index contributed by atoms with van der Waals surface area (Å²) in [5, 5.41) is 16.5. The summed E-state index contributed by atoms with van der Waals surface area (Å²) in [5.74, 6) is 0.197. The number of carbonyl (C=O) groups is 2. The Morgan fingerprint density at radius 3 is 2.78 bits per heavy atom. The van der Waals surface area contributed by atoms with Gasteiger partial charge in [-0.15, -0.1) is 10.2 Å². The summed E-state index contributed by atoms with van der Waals surface area (Å²) < 4.78 is 7.70. The van der Waals surface area contributed by atoms with Gasteiger partial charge in [-0.1, -0.05) is 23.7 Å². The van der Waals surface area contributed by atoms with Crippen LogP contribution in [0.15, 0.2) is 78.0 Å². The average molecular weight is 567 g/mol. The number of rotatable bonds is 9. The first-order valence-electron chi connectivity index (χ1n) is 12.7. The van der Waals surface area contributed by atoms with Crippen LogP contribution >= 0.6 is 11.6 Å². The first-order chi connectivity index (χ1) is 19.9. The minimum Gasteiger partial charge on any atom is -0.420 e. The van der Waals surface area contributed by atoms with Gasteiger partial charge in [0.05, 0.1) is 24.7 Å². The van der Waals surface area contributed by atoms with Crippen LogP contribution in [0.2, 0.25) is 5.02 Å². The number of amides is 1. The van der Waals surface area contributed by atoms with E-state index in [1.807, 2.05) is 25.4 Å². The van der Waals surface area contributed by atoms with Crippen LogP contribution in [0, 0.1) is 0 Å². The predicted octanol–water partition coefficient (Wildman–Crippen LogP) is 4.19. The molecular weight excluding hydrogens is 544 g/mol. The van der Waals surface area contributed by atoms with Gasteiger partial charge in [-0.25, -0.2) is 4.98 Å². The lowest BCUT2D eigenvalue weighted by Gasteiger charge is -2.07. The molecule has 41 heavy (non-hydrogen) atoms. The Morgan fingerprint density at radius 1 is 1.10 bits per heavy atom.